The van der Waals surface area contributed by atoms with Gasteiger partial charge >= 0.3 is 5.97 Å². The number of thiophene rings is 1. The van der Waals surface area contributed by atoms with Crippen molar-refractivity contribution in [2.45, 2.75) is 39.0 Å². The van der Waals surface area contributed by atoms with Crippen LogP contribution in [0.2, 0.25) is 5.02 Å². The van der Waals surface area contributed by atoms with Crippen molar-refractivity contribution < 1.29 is 18.7 Å². The van der Waals surface area contributed by atoms with E-state index in [1.165, 1.54) is 35.6 Å². The first kappa shape index (κ1) is 20.6. The van der Waals surface area contributed by atoms with Gasteiger partial charge in [0.25, 0.3) is 0 Å². The molecule has 0 spiro atoms. The fraction of sp³-hybridized carbons (Fsp3) is 0.333. The summed E-state index contributed by atoms with van der Waals surface area (Å²) in [5.41, 5.74) is 1.58. The molecule has 28 heavy (non-hydrogen) atoms. The van der Waals surface area contributed by atoms with Crippen LogP contribution in [-0.4, -0.2) is 18.5 Å². The smallest absolute Gasteiger partial charge is 0.341 e. The predicted molar refractivity (Wildman–Crippen MR) is 111 cm³/mol. The average molecular weight is 422 g/mol. The van der Waals surface area contributed by atoms with Gasteiger partial charge in [0.15, 0.2) is 0 Å². The molecule has 7 heteroatoms. The van der Waals surface area contributed by atoms with Crippen molar-refractivity contribution in [2.24, 2.45) is 0 Å². The number of ether oxygens (including phenoxy) is 1. The van der Waals surface area contributed by atoms with E-state index in [1.807, 2.05) is 6.92 Å². The van der Waals surface area contributed by atoms with Crippen molar-refractivity contribution in [3.8, 4) is 0 Å². The Balaban J connectivity index is 1.83. The van der Waals surface area contributed by atoms with Crippen LogP contribution >= 0.6 is 22.9 Å². The maximum atomic E-state index is 13.8. The summed E-state index contributed by atoms with van der Waals surface area (Å²) in [6, 6.07) is 4.33. The largest absolute Gasteiger partial charge is 0.462 e. The van der Waals surface area contributed by atoms with Crippen LogP contribution in [0.5, 0.6) is 0 Å². The second-order valence-corrected chi connectivity index (χ2v) is 8.02. The summed E-state index contributed by atoms with van der Waals surface area (Å²) in [5.74, 6) is -1.37. The van der Waals surface area contributed by atoms with Gasteiger partial charge in [-0.3, -0.25) is 4.79 Å². The van der Waals surface area contributed by atoms with E-state index < -0.39 is 17.7 Å². The molecular weight excluding hydrogens is 401 g/mol. The molecule has 1 heterocycles. The highest BCUT2D eigenvalue weighted by Gasteiger charge is 2.27. The van der Waals surface area contributed by atoms with Gasteiger partial charge in [0.2, 0.25) is 5.91 Å². The summed E-state index contributed by atoms with van der Waals surface area (Å²) in [4.78, 5) is 26.1. The predicted octanol–water partition coefficient (Wildman–Crippen LogP) is 5.64. The Labute approximate surface area is 172 Å². The summed E-state index contributed by atoms with van der Waals surface area (Å²) in [7, 11) is 0. The van der Waals surface area contributed by atoms with Crippen molar-refractivity contribution in [3.63, 3.8) is 0 Å². The third kappa shape index (κ3) is 4.62. The summed E-state index contributed by atoms with van der Waals surface area (Å²) in [6.45, 7) is 2.26. The van der Waals surface area contributed by atoms with Crippen molar-refractivity contribution in [3.05, 3.63) is 56.7 Å². The minimum atomic E-state index is -0.507. The number of fused-ring (bicyclic) bond motifs is 1. The first-order valence-electron chi connectivity index (χ1n) is 9.26. The molecule has 0 radical (unpaired) electrons. The van der Waals surface area contributed by atoms with E-state index in [-0.39, 0.29) is 10.6 Å². The van der Waals surface area contributed by atoms with E-state index in [0.717, 1.165) is 42.5 Å². The highest BCUT2D eigenvalue weighted by atomic mass is 35.5. The van der Waals surface area contributed by atoms with Crippen LogP contribution in [0.4, 0.5) is 9.39 Å². The number of carbonyl (C=O) groups is 2. The van der Waals surface area contributed by atoms with E-state index in [0.29, 0.717) is 17.2 Å². The first-order valence-corrected chi connectivity index (χ1v) is 10.5. The molecule has 0 atom stereocenters. The van der Waals surface area contributed by atoms with E-state index >= 15 is 0 Å². The molecule has 1 aromatic carbocycles. The minimum absolute atomic E-state index is 0.146. The minimum Gasteiger partial charge on any atom is -0.462 e. The molecule has 148 valence electrons. The van der Waals surface area contributed by atoms with Crippen LogP contribution in [0, 0.1) is 5.82 Å². The van der Waals surface area contributed by atoms with Gasteiger partial charge in [-0.25, -0.2) is 9.18 Å². The molecule has 1 aromatic heterocycles. The van der Waals surface area contributed by atoms with Crippen LogP contribution in [0.15, 0.2) is 24.3 Å². The normalized spacial score (nSPS) is 13.4. The monoisotopic (exact) mass is 421 g/mol. The summed E-state index contributed by atoms with van der Waals surface area (Å²) >= 11 is 7.39. The van der Waals surface area contributed by atoms with Gasteiger partial charge in [-0.2, -0.15) is 0 Å². The third-order valence-corrected chi connectivity index (χ3v) is 5.99. The number of benzene rings is 1. The lowest BCUT2D eigenvalue weighted by molar-refractivity contribution is -0.111. The SMILES string of the molecule is CCCOC(=O)c1c(NC(=O)/C=C\c2c(F)cccc2Cl)sc2c1CCCC2. The topological polar surface area (TPSA) is 55.4 Å². The molecule has 0 saturated heterocycles. The second kappa shape index (κ2) is 9.34. The molecule has 1 aliphatic carbocycles. The molecule has 0 aliphatic heterocycles. The lowest BCUT2D eigenvalue weighted by Crippen LogP contribution is -2.14. The van der Waals surface area contributed by atoms with Gasteiger partial charge in [0.05, 0.1) is 17.2 Å². The lowest BCUT2D eigenvalue weighted by Gasteiger charge is -2.12. The van der Waals surface area contributed by atoms with Gasteiger partial charge in [0, 0.05) is 16.5 Å². The third-order valence-electron chi connectivity index (χ3n) is 4.45. The lowest BCUT2D eigenvalue weighted by atomic mass is 9.95. The van der Waals surface area contributed by atoms with Crippen molar-refractivity contribution >= 4 is 45.9 Å². The number of amides is 1. The van der Waals surface area contributed by atoms with Crippen LogP contribution in [0.25, 0.3) is 6.08 Å². The number of nitrogens with one attached hydrogen (secondary N) is 1. The van der Waals surface area contributed by atoms with Gasteiger partial charge in [-0.15, -0.1) is 11.3 Å². The second-order valence-electron chi connectivity index (χ2n) is 6.51. The Hall–Kier alpha value is -2.18. The molecule has 2 aromatic rings. The van der Waals surface area contributed by atoms with Gasteiger partial charge < -0.3 is 10.1 Å². The molecule has 4 nitrogen and oxygen atoms in total. The molecule has 0 unspecified atom stereocenters. The quantitative estimate of drug-likeness (QED) is 0.485. The van der Waals surface area contributed by atoms with Crippen LogP contribution in [0.1, 0.15) is 52.5 Å². The van der Waals surface area contributed by atoms with E-state index in [4.69, 9.17) is 16.3 Å². The molecule has 1 N–H and O–H groups in total. The zero-order valence-corrected chi connectivity index (χ0v) is 17.1. The van der Waals surface area contributed by atoms with Crippen molar-refractivity contribution in [2.75, 3.05) is 11.9 Å². The Morgan fingerprint density at radius 1 is 1.32 bits per heavy atom. The molecule has 0 fully saturated rings. The Morgan fingerprint density at radius 3 is 2.86 bits per heavy atom. The number of rotatable bonds is 6. The van der Waals surface area contributed by atoms with E-state index in [2.05, 4.69) is 5.32 Å². The average Bonchev–Trinajstić information content (AvgIpc) is 3.03. The summed E-state index contributed by atoms with van der Waals surface area (Å²) < 4.78 is 19.2. The van der Waals surface area contributed by atoms with Gasteiger partial charge in [-0.1, -0.05) is 24.6 Å². The van der Waals surface area contributed by atoms with E-state index in [9.17, 15) is 14.0 Å². The van der Waals surface area contributed by atoms with Crippen molar-refractivity contribution in [1.82, 2.24) is 0 Å². The Morgan fingerprint density at radius 2 is 2.11 bits per heavy atom. The highest BCUT2D eigenvalue weighted by molar-refractivity contribution is 7.17. The van der Waals surface area contributed by atoms with Crippen LogP contribution in [-0.2, 0) is 22.4 Å². The molecular formula is C21H21ClFNO3S. The molecule has 1 aliphatic rings. The summed E-state index contributed by atoms with van der Waals surface area (Å²) in [5, 5.41) is 3.47. The van der Waals surface area contributed by atoms with Gasteiger partial charge in [-0.05, 0) is 55.9 Å². The number of halogens is 2. The highest BCUT2D eigenvalue weighted by Crippen LogP contribution is 2.38. The molecule has 0 bridgehead atoms. The number of hydrogen-bond acceptors (Lipinski definition) is 4. The maximum absolute atomic E-state index is 13.8. The fourth-order valence-electron chi connectivity index (χ4n) is 3.12. The first-order chi connectivity index (χ1) is 13.5. The zero-order chi connectivity index (χ0) is 20.1. The molecule has 1 amide bonds. The van der Waals surface area contributed by atoms with E-state index in [1.54, 1.807) is 6.07 Å². The molecule has 3 rings (SSSR count). The Kier molecular flexibility index (Phi) is 6.86. The van der Waals surface area contributed by atoms with Crippen LogP contribution < -0.4 is 5.32 Å². The standard InChI is InChI=1S/C21H21ClFNO3S/c1-2-12-27-21(26)19-14-6-3-4-9-17(14)28-20(19)24-18(25)11-10-13-15(22)7-5-8-16(13)23/h5,7-8,10-11H,2-4,6,9,12H2,1H3,(H,24,25)/b11-10-. The zero-order valence-electron chi connectivity index (χ0n) is 15.5. The number of anilines is 1. The molecule has 0 saturated carbocycles. The van der Waals surface area contributed by atoms with Crippen molar-refractivity contribution in [1.29, 1.82) is 0 Å². The summed E-state index contributed by atoms with van der Waals surface area (Å²) in [6.07, 6.45) is 7.04. The number of aryl methyl sites for hydroxylation is 1. The van der Waals surface area contributed by atoms with Crippen LogP contribution in [0.3, 0.4) is 0 Å². The van der Waals surface area contributed by atoms with Gasteiger partial charge in [0.1, 0.15) is 10.8 Å². The fourth-order valence-corrected chi connectivity index (χ4v) is 4.63. The number of esters is 1. The Bertz CT molecular complexity index is 902. The maximum Gasteiger partial charge on any atom is 0.341 e. The number of hydrogen-bond donors (Lipinski definition) is 1. The number of carbonyl (C=O) groups excluding carboxylic acids is 2.